The molecule has 1 atom stereocenters. The van der Waals surface area contributed by atoms with E-state index in [0.717, 1.165) is 5.56 Å². The Morgan fingerprint density at radius 3 is 1.78 bits per heavy atom. The molecule has 0 aliphatic heterocycles. The molecule has 0 aliphatic carbocycles. The lowest BCUT2D eigenvalue weighted by Gasteiger charge is -2.21. The molecule has 1 rings (SSSR count). The van der Waals surface area contributed by atoms with E-state index >= 15 is 0 Å². The minimum Gasteiger partial charge on any atom is -0.493 e. The molecular weight excluding hydrogens is 232 g/mol. The van der Waals surface area contributed by atoms with Crippen molar-refractivity contribution >= 4 is 0 Å². The lowest BCUT2D eigenvalue weighted by Crippen LogP contribution is -2.12. The van der Waals surface area contributed by atoms with Gasteiger partial charge in [-0.25, -0.2) is 0 Å². The maximum absolute atomic E-state index is 9.49. The summed E-state index contributed by atoms with van der Waals surface area (Å²) in [6.07, 6.45) is 0. The quantitative estimate of drug-likeness (QED) is 0.847. The molecule has 0 saturated carbocycles. The van der Waals surface area contributed by atoms with E-state index in [1.165, 1.54) is 0 Å². The lowest BCUT2D eigenvalue weighted by atomic mass is 9.89. The molecule has 4 nitrogen and oxygen atoms in total. The minimum atomic E-state index is 0.0544. The molecule has 0 aromatic heterocycles. The second kappa shape index (κ2) is 6.50. The first-order valence-electron chi connectivity index (χ1n) is 5.99. The van der Waals surface area contributed by atoms with Crippen molar-refractivity contribution in [2.24, 2.45) is 5.92 Å². The third kappa shape index (κ3) is 2.88. The molecule has 4 heteroatoms. The van der Waals surface area contributed by atoms with Gasteiger partial charge in [0.05, 0.1) is 27.9 Å². The Labute approximate surface area is 108 Å². The van der Waals surface area contributed by atoms with Gasteiger partial charge >= 0.3 is 0 Å². The highest BCUT2D eigenvalue weighted by Crippen LogP contribution is 2.41. The van der Waals surface area contributed by atoms with Gasteiger partial charge in [-0.2, -0.15) is 0 Å². The second-order valence-electron chi connectivity index (χ2n) is 4.49. The lowest BCUT2D eigenvalue weighted by molar-refractivity contribution is 0.236. The van der Waals surface area contributed by atoms with E-state index < -0.39 is 0 Å². The van der Waals surface area contributed by atoms with Crippen LogP contribution in [0.15, 0.2) is 12.1 Å². The van der Waals surface area contributed by atoms with E-state index in [9.17, 15) is 5.11 Å². The predicted molar refractivity (Wildman–Crippen MR) is 70.8 cm³/mol. The normalized spacial score (nSPS) is 12.4. The van der Waals surface area contributed by atoms with Crippen molar-refractivity contribution in [3.63, 3.8) is 0 Å². The Morgan fingerprint density at radius 1 is 1.00 bits per heavy atom. The van der Waals surface area contributed by atoms with Crippen LogP contribution in [0.4, 0.5) is 0 Å². The summed E-state index contributed by atoms with van der Waals surface area (Å²) in [5, 5.41) is 9.49. The summed E-state index contributed by atoms with van der Waals surface area (Å²) in [4.78, 5) is 0. The average molecular weight is 254 g/mol. The minimum absolute atomic E-state index is 0.0544. The van der Waals surface area contributed by atoms with E-state index in [-0.39, 0.29) is 12.5 Å². The van der Waals surface area contributed by atoms with Crippen LogP contribution in [-0.2, 0) is 0 Å². The Bertz CT molecular complexity index is 362. The number of hydrogen-bond donors (Lipinski definition) is 1. The first-order valence-corrected chi connectivity index (χ1v) is 5.99. The maximum atomic E-state index is 9.49. The van der Waals surface area contributed by atoms with Crippen molar-refractivity contribution in [2.45, 2.75) is 19.8 Å². The Hall–Kier alpha value is -1.42. The molecule has 0 saturated heterocycles. The molecular formula is C14H22O4. The zero-order chi connectivity index (χ0) is 13.7. The Morgan fingerprint density at radius 2 is 1.50 bits per heavy atom. The van der Waals surface area contributed by atoms with Gasteiger partial charge in [-0.15, -0.1) is 0 Å². The van der Waals surface area contributed by atoms with E-state index in [2.05, 4.69) is 13.8 Å². The molecule has 1 unspecified atom stereocenters. The van der Waals surface area contributed by atoms with Crippen molar-refractivity contribution in [1.82, 2.24) is 0 Å². The van der Waals surface area contributed by atoms with Gasteiger partial charge in [-0.1, -0.05) is 13.8 Å². The number of methoxy groups -OCH3 is 3. The van der Waals surface area contributed by atoms with Gasteiger partial charge in [0.1, 0.15) is 0 Å². The first-order chi connectivity index (χ1) is 8.58. The average Bonchev–Trinajstić information content (AvgIpc) is 2.37. The summed E-state index contributed by atoms with van der Waals surface area (Å²) in [6.45, 7) is 4.24. The fraction of sp³-hybridized carbons (Fsp3) is 0.571. The van der Waals surface area contributed by atoms with Crippen molar-refractivity contribution in [1.29, 1.82) is 0 Å². The number of rotatable bonds is 6. The van der Waals surface area contributed by atoms with Crippen LogP contribution in [0.5, 0.6) is 17.2 Å². The van der Waals surface area contributed by atoms with E-state index in [1.54, 1.807) is 21.3 Å². The zero-order valence-electron chi connectivity index (χ0n) is 11.7. The summed E-state index contributed by atoms with van der Waals surface area (Å²) >= 11 is 0. The SMILES string of the molecule is COc1cc(C(CO)C(C)C)cc(OC)c1OC. The fourth-order valence-corrected chi connectivity index (χ4v) is 2.02. The summed E-state index contributed by atoms with van der Waals surface area (Å²) < 4.78 is 15.9. The molecule has 0 bridgehead atoms. The highest BCUT2D eigenvalue weighted by Gasteiger charge is 2.20. The number of benzene rings is 1. The number of aliphatic hydroxyl groups excluding tert-OH is 1. The van der Waals surface area contributed by atoms with Crippen LogP contribution in [0.3, 0.4) is 0 Å². The van der Waals surface area contributed by atoms with Gasteiger partial charge < -0.3 is 19.3 Å². The van der Waals surface area contributed by atoms with Crippen LogP contribution in [0.25, 0.3) is 0 Å². The van der Waals surface area contributed by atoms with Crippen LogP contribution in [0.2, 0.25) is 0 Å². The van der Waals surface area contributed by atoms with Crippen molar-refractivity contribution in [3.05, 3.63) is 17.7 Å². The van der Waals surface area contributed by atoms with Crippen LogP contribution in [-0.4, -0.2) is 33.0 Å². The molecule has 102 valence electrons. The molecule has 0 radical (unpaired) electrons. The van der Waals surface area contributed by atoms with Gasteiger partial charge in [0.15, 0.2) is 11.5 Å². The van der Waals surface area contributed by atoms with E-state index in [1.807, 2.05) is 12.1 Å². The molecule has 1 aromatic rings. The molecule has 1 aromatic carbocycles. The highest BCUT2D eigenvalue weighted by atomic mass is 16.5. The fourth-order valence-electron chi connectivity index (χ4n) is 2.02. The molecule has 0 aliphatic rings. The molecule has 0 heterocycles. The third-order valence-electron chi connectivity index (χ3n) is 3.12. The zero-order valence-corrected chi connectivity index (χ0v) is 11.7. The number of hydrogen-bond acceptors (Lipinski definition) is 4. The number of aliphatic hydroxyl groups is 1. The second-order valence-corrected chi connectivity index (χ2v) is 4.49. The Balaban J connectivity index is 3.30. The first kappa shape index (κ1) is 14.6. The van der Waals surface area contributed by atoms with E-state index in [4.69, 9.17) is 14.2 Å². The van der Waals surface area contributed by atoms with Crippen molar-refractivity contribution in [2.75, 3.05) is 27.9 Å². The molecule has 18 heavy (non-hydrogen) atoms. The third-order valence-corrected chi connectivity index (χ3v) is 3.12. The summed E-state index contributed by atoms with van der Waals surface area (Å²) in [5.41, 5.74) is 0.988. The van der Waals surface area contributed by atoms with Gasteiger partial charge in [0.25, 0.3) is 0 Å². The van der Waals surface area contributed by atoms with Gasteiger partial charge in [0, 0.05) is 5.92 Å². The van der Waals surface area contributed by atoms with E-state index in [0.29, 0.717) is 23.2 Å². The largest absolute Gasteiger partial charge is 0.493 e. The monoisotopic (exact) mass is 254 g/mol. The van der Waals surface area contributed by atoms with Crippen LogP contribution < -0.4 is 14.2 Å². The highest BCUT2D eigenvalue weighted by molar-refractivity contribution is 5.54. The standard InChI is InChI=1S/C14H22O4/c1-9(2)11(8-15)10-6-12(16-3)14(18-5)13(7-10)17-4/h6-7,9,11,15H,8H2,1-5H3. The van der Waals surface area contributed by atoms with Crippen molar-refractivity contribution < 1.29 is 19.3 Å². The number of ether oxygens (including phenoxy) is 3. The van der Waals surface area contributed by atoms with Gasteiger partial charge in [0.2, 0.25) is 5.75 Å². The van der Waals surface area contributed by atoms with Gasteiger partial charge in [-0.05, 0) is 23.6 Å². The maximum Gasteiger partial charge on any atom is 0.203 e. The summed E-state index contributed by atoms with van der Waals surface area (Å²) in [6, 6.07) is 3.78. The smallest absolute Gasteiger partial charge is 0.203 e. The Kier molecular flexibility index (Phi) is 5.28. The topological polar surface area (TPSA) is 47.9 Å². The molecule has 0 fully saturated rings. The molecule has 1 N–H and O–H groups in total. The predicted octanol–water partition coefficient (Wildman–Crippen LogP) is 2.44. The van der Waals surface area contributed by atoms with Crippen LogP contribution >= 0.6 is 0 Å². The van der Waals surface area contributed by atoms with Crippen molar-refractivity contribution in [3.8, 4) is 17.2 Å². The summed E-state index contributed by atoms with van der Waals surface area (Å²) in [5.74, 6) is 2.19. The van der Waals surface area contributed by atoms with Crippen LogP contribution in [0.1, 0.15) is 25.3 Å². The van der Waals surface area contributed by atoms with Gasteiger partial charge in [-0.3, -0.25) is 0 Å². The molecule has 0 spiro atoms. The van der Waals surface area contributed by atoms with Crippen LogP contribution in [0, 0.1) is 5.92 Å². The molecule has 0 amide bonds. The summed E-state index contributed by atoms with van der Waals surface area (Å²) in [7, 11) is 4.75.